The van der Waals surface area contributed by atoms with Crippen LogP contribution in [0, 0.1) is 5.41 Å². The lowest BCUT2D eigenvalue weighted by Crippen LogP contribution is -2.50. The van der Waals surface area contributed by atoms with E-state index in [0.717, 1.165) is 24.8 Å². The van der Waals surface area contributed by atoms with Crippen LogP contribution in [-0.2, 0) is 20.4 Å². The van der Waals surface area contributed by atoms with Crippen molar-refractivity contribution in [1.29, 1.82) is 0 Å². The van der Waals surface area contributed by atoms with Gasteiger partial charge in [-0.2, -0.15) is 28.1 Å². The molecule has 47 heavy (non-hydrogen) atoms. The molecule has 2 aliphatic rings. The van der Waals surface area contributed by atoms with Gasteiger partial charge in [-0.15, -0.1) is 0 Å². The molecule has 0 saturated heterocycles. The topological polar surface area (TPSA) is 164 Å². The Morgan fingerprint density at radius 1 is 0.979 bits per heavy atom. The molecule has 2 fully saturated rings. The number of halogens is 4. The van der Waals surface area contributed by atoms with Crippen LogP contribution in [0.4, 0.5) is 30.8 Å². The number of hydrogen-bond acceptors (Lipinski definition) is 10. The molecular weight excluding hydrogens is 663 g/mol. The second kappa shape index (κ2) is 13.1. The summed E-state index contributed by atoms with van der Waals surface area (Å²) in [5.74, 6) is -1.33. The van der Waals surface area contributed by atoms with E-state index in [0.29, 0.717) is 23.6 Å². The molecule has 0 atom stereocenters. The van der Waals surface area contributed by atoms with Crippen LogP contribution in [0.25, 0.3) is 0 Å². The number of rotatable bonds is 13. The molecular formula is C30H33ClF3N7O5S. The van der Waals surface area contributed by atoms with Gasteiger partial charge in [0, 0.05) is 22.8 Å². The average molecular weight is 696 g/mol. The molecule has 0 spiro atoms. The fraction of sp³-hybridized carbons (Fsp3) is 0.433. The smallest absolute Gasteiger partial charge is 0.422 e. The summed E-state index contributed by atoms with van der Waals surface area (Å²) in [6.07, 6.45) is -1.34. The summed E-state index contributed by atoms with van der Waals surface area (Å²) < 4.78 is 70.3. The second-order valence-electron chi connectivity index (χ2n) is 12.2. The summed E-state index contributed by atoms with van der Waals surface area (Å²) in [6, 6.07) is 12.6. The molecule has 0 radical (unpaired) electrons. The van der Waals surface area contributed by atoms with Crippen LogP contribution in [0.2, 0.25) is 5.02 Å². The molecule has 2 aliphatic carbocycles. The second-order valence-corrected chi connectivity index (χ2v) is 14.6. The van der Waals surface area contributed by atoms with Crippen LogP contribution in [0.1, 0.15) is 61.9 Å². The molecule has 252 valence electrons. The number of alkyl halides is 3. The van der Waals surface area contributed by atoms with Gasteiger partial charge in [0.05, 0.1) is 16.2 Å². The minimum atomic E-state index is -4.61. The third kappa shape index (κ3) is 8.80. The molecule has 1 aromatic heterocycles. The maximum absolute atomic E-state index is 12.9. The number of benzene rings is 2. The molecule has 17 heteroatoms. The zero-order valence-corrected chi connectivity index (χ0v) is 27.0. The quantitative estimate of drug-likeness (QED) is 0.190. The fourth-order valence-corrected chi connectivity index (χ4v) is 6.40. The van der Waals surface area contributed by atoms with Crippen LogP contribution >= 0.6 is 11.6 Å². The molecule has 2 saturated carbocycles. The first kappa shape index (κ1) is 34.2. The molecule has 0 bridgehead atoms. The van der Waals surface area contributed by atoms with Crippen molar-refractivity contribution in [3.05, 3.63) is 64.7 Å². The monoisotopic (exact) mass is 695 g/mol. The number of carbonyl (C=O) groups is 2. The largest absolute Gasteiger partial charge is 0.454 e. The first-order valence-corrected chi connectivity index (χ1v) is 16.7. The van der Waals surface area contributed by atoms with Gasteiger partial charge >= 0.3 is 12.2 Å². The average Bonchev–Trinajstić information content (AvgIpc) is 3.74. The number of carbonyl (C=O) groups excluding carboxylic acids is 2. The number of sulfonamides is 1. The highest BCUT2D eigenvalue weighted by molar-refractivity contribution is 7.90. The Morgan fingerprint density at radius 3 is 2.19 bits per heavy atom. The van der Waals surface area contributed by atoms with Crippen LogP contribution in [-0.4, -0.2) is 59.8 Å². The molecule has 1 heterocycles. The van der Waals surface area contributed by atoms with Crippen molar-refractivity contribution < 1.29 is 35.9 Å². The van der Waals surface area contributed by atoms with E-state index in [2.05, 4.69) is 35.6 Å². The number of anilines is 3. The SMILES string of the molecule is CC(C)(CNC(=O)c1ccc(Nc2nc(NC3(c4ccc(Cl)cc4)CC3)nc(OCC(F)(F)F)n2)cc1)C(=O)NS(=O)(=O)C1CCC1. The van der Waals surface area contributed by atoms with Crippen LogP contribution in [0.3, 0.4) is 0 Å². The number of nitrogens with one attached hydrogen (secondary N) is 4. The van der Waals surface area contributed by atoms with E-state index >= 15 is 0 Å². The Balaban J connectivity index is 1.24. The van der Waals surface area contributed by atoms with Gasteiger partial charge in [-0.25, -0.2) is 8.42 Å². The van der Waals surface area contributed by atoms with Crippen LogP contribution in [0.15, 0.2) is 48.5 Å². The lowest BCUT2D eigenvalue weighted by Gasteiger charge is -2.28. The summed E-state index contributed by atoms with van der Waals surface area (Å²) >= 11 is 6.01. The zero-order valence-electron chi connectivity index (χ0n) is 25.4. The van der Waals surface area contributed by atoms with Gasteiger partial charge in [-0.05, 0) is 81.5 Å². The molecule has 2 aromatic carbocycles. The minimum absolute atomic E-state index is 0.00439. The molecule has 2 amide bonds. The molecule has 0 unspecified atom stereocenters. The van der Waals surface area contributed by atoms with Crippen molar-refractivity contribution in [1.82, 2.24) is 25.0 Å². The maximum atomic E-state index is 12.9. The number of ether oxygens (including phenoxy) is 1. The Kier molecular flexibility index (Phi) is 9.55. The van der Waals surface area contributed by atoms with Crippen molar-refractivity contribution in [2.24, 2.45) is 5.41 Å². The van der Waals surface area contributed by atoms with Crippen LogP contribution in [0.5, 0.6) is 6.01 Å². The van der Waals surface area contributed by atoms with Gasteiger partial charge in [0.1, 0.15) is 0 Å². The number of aromatic nitrogens is 3. The van der Waals surface area contributed by atoms with Gasteiger partial charge in [0.2, 0.25) is 27.8 Å². The van der Waals surface area contributed by atoms with Gasteiger partial charge in [0.25, 0.3) is 5.91 Å². The van der Waals surface area contributed by atoms with Gasteiger partial charge < -0.3 is 20.7 Å². The van der Waals surface area contributed by atoms with E-state index in [1.54, 1.807) is 12.1 Å². The van der Waals surface area contributed by atoms with E-state index in [4.69, 9.17) is 16.3 Å². The summed E-state index contributed by atoms with van der Waals surface area (Å²) in [5.41, 5.74) is -0.192. The number of amides is 2. The van der Waals surface area contributed by atoms with Crippen molar-refractivity contribution in [2.75, 3.05) is 23.8 Å². The fourth-order valence-electron chi connectivity index (χ4n) is 4.62. The molecule has 0 aliphatic heterocycles. The first-order valence-electron chi connectivity index (χ1n) is 14.7. The summed E-state index contributed by atoms with van der Waals surface area (Å²) in [6.45, 7) is 1.32. The zero-order chi connectivity index (χ0) is 34.0. The van der Waals surface area contributed by atoms with Gasteiger partial charge in [0.15, 0.2) is 6.61 Å². The van der Waals surface area contributed by atoms with Crippen LogP contribution < -0.4 is 25.4 Å². The normalized spacial score (nSPS) is 16.0. The lowest BCUT2D eigenvalue weighted by molar-refractivity contribution is -0.154. The third-order valence-electron chi connectivity index (χ3n) is 7.91. The van der Waals surface area contributed by atoms with E-state index in [-0.39, 0.29) is 24.0 Å². The van der Waals surface area contributed by atoms with E-state index < -0.39 is 56.8 Å². The molecule has 12 nitrogen and oxygen atoms in total. The third-order valence-corrected chi connectivity index (χ3v) is 9.98. The Hall–Kier alpha value is -4.18. The Morgan fingerprint density at radius 2 is 1.62 bits per heavy atom. The predicted octanol–water partition coefficient (Wildman–Crippen LogP) is 5.07. The lowest BCUT2D eigenvalue weighted by atomic mass is 9.92. The van der Waals surface area contributed by atoms with Crippen molar-refractivity contribution in [3.63, 3.8) is 0 Å². The van der Waals surface area contributed by atoms with Crippen molar-refractivity contribution in [2.45, 2.75) is 62.9 Å². The van der Waals surface area contributed by atoms with E-state index in [1.807, 2.05) is 12.1 Å². The van der Waals surface area contributed by atoms with Crippen molar-refractivity contribution in [3.8, 4) is 6.01 Å². The van der Waals surface area contributed by atoms with E-state index in [1.165, 1.54) is 38.1 Å². The number of hydrogen-bond donors (Lipinski definition) is 4. The summed E-state index contributed by atoms with van der Waals surface area (Å²) in [4.78, 5) is 37.8. The highest BCUT2D eigenvalue weighted by atomic mass is 35.5. The van der Waals surface area contributed by atoms with E-state index in [9.17, 15) is 31.2 Å². The summed E-state index contributed by atoms with van der Waals surface area (Å²) in [5, 5.41) is 8.71. The standard InChI is InChI=1S/C30H33ClF3N7O5S/c1-28(2,24(43)41-47(44,45)22-4-3-5-22)16-35-23(42)18-6-12-21(13-7-18)36-25-37-26(39-27(38-25)46-17-30(32,33)34)40-29(14-15-29)19-8-10-20(31)11-9-19/h6-13,22H,3-5,14-17H2,1-2H3,(H,35,42)(H,41,43)(H2,36,37,38,39,40). The minimum Gasteiger partial charge on any atom is -0.454 e. The van der Waals surface area contributed by atoms with Gasteiger partial charge in [-0.1, -0.05) is 30.2 Å². The van der Waals surface area contributed by atoms with Crippen molar-refractivity contribution >= 4 is 51.0 Å². The molecule has 5 rings (SSSR count). The Bertz CT molecular complexity index is 1730. The molecule has 3 aromatic rings. The summed E-state index contributed by atoms with van der Waals surface area (Å²) in [7, 11) is -3.76. The molecule has 4 N–H and O–H groups in total. The maximum Gasteiger partial charge on any atom is 0.422 e. The highest BCUT2D eigenvalue weighted by Crippen LogP contribution is 2.48. The Labute approximate surface area is 274 Å². The first-order chi connectivity index (χ1) is 22.0. The number of nitrogens with zero attached hydrogens (tertiary/aromatic N) is 3. The van der Waals surface area contributed by atoms with Gasteiger partial charge in [-0.3, -0.25) is 14.3 Å². The predicted molar refractivity (Wildman–Crippen MR) is 168 cm³/mol. The highest BCUT2D eigenvalue weighted by Gasteiger charge is 2.45.